The van der Waals surface area contributed by atoms with E-state index in [4.69, 9.17) is 4.74 Å². The Morgan fingerprint density at radius 3 is 2.88 bits per heavy atom. The van der Waals surface area contributed by atoms with E-state index in [2.05, 4.69) is 10.6 Å². The van der Waals surface area contributed by atoms with Crippen LogP contribution in [0.4, 0.5) is 11.4 Å². The number of hydrogen-bond donors (Lipinski definition) is 2. The summed E-state index contributed by atoms with van der Waals surface area (Å²) in [5.41, 5.74) is 4.83. The number of nitrogens with one attached hydrogen (secondary N) is 2. The second-order valence-electron chi connectivity index (χ2n) is 5.95. The number of benzene rings is 2. The van der Waals surface area contributed by atoms with Gasteiger partial charge in [0.1, 0.15) is 5.75 Å². The highest BCUT2D eigenvalue weighted by atomic mass is 16.5. The van der Waals surface area contributed by atoms with E-state index in [1.807, 2.05) is 44.2 Å². The smallest absolute Gasteiger partial charge is 0.262 e. The average molecular weight is 324 g/mol. The number of fused-ring (bicyclic) bond motifs is 1. The summed E-state index contributed by atoms with van der Waals surface area (Å²) in [6, 6.07) is 11.2. The molecular weight excluding hydrogens is 304 g/mol. The minimum absolute atomic E-state index is 0.0315. The van der Waals surface area contributed by atoms with Crippen LogP contribution in [0.3, 0.4) is 0 Å². The van der Waals surface area contributed by atoms with Crippen LogP contribution in [0.15, 0.2) is 36.4 Å². The van der Waals surface area contributed by atoms with Gasteiger partial charge in [0.05, 0.1) is 0 Å². The molecule has 0 saturated heterocycles. The highest BCUT2D eigenvalue weighted by molar-refractivity contribution is 5.94. The van der Waals surface area contributed by atoms with Crippen LogP contribution < -0.4 is 15.4 Å². The Morgan fingerprint density at radius 1 is 1.21 bits per heavy atom. The molecule has 2 amide bonds. The van der Waals surface area contributed by atoms with E-state index in [-0.39, 0.29) is 18.4 Å². The molecule has 0 bridgehead atoms. The molecule has 2 aromatic rings. The molecule has 124 valence electrons. The lowest BCUT2D eigenvalue weighted by molar-refractivity contribution is -0.118. The molecule has 0 spiro atoms. The topological polar surface area (TPSA) is 67.4 Å². The summed E-state index contributed by atoms with van der Waals surface area (Å²) in [6.07, 6.45) is 1.16. The minimum Gasteiger partial charge on any atom is -0.484 e. The minimum atomic E-state index is -0.199. The summed E-state index contributed by atoms with van der Waals surface area (Å²) in [6.45, 7) is 3.93. The fraction of sp³-hybridized carbons (Fsp3) is 0.263. The summed E-state index contributed by atoms with van der Waals surface area (Å²) in [4.78, 5) is 23.4. The lowest BCUT2D eigenvalue weighted by atomic mass is 10.0. The van der Waals surface area contributed by atoms with Gasteiger partial charge in [0, 0.05) is 17.8 Å². The summed E-state index contributed by atoms with van der Waals surface area (Å²) >= 11 is 0. The molecule has 0 saturated carbocycles. The molecular formula is C19H20N2O3. The third-order valence-electron chi connectivity index (χ3n) is 4.22. The summed E-state index contributed by atoms with van der Waals surface area (Å²) < 4.78 is 5.58. The molecule has 0 fully saturated rings. The second kappa shape index (κ2) is 6.74. The van der Waals surface area contributed by atoms with E-state index in [0.29, 0.717) is 18.6 Å². The van der Waals surface area contributed by atoms with Gasteiger partial charge < -0.3 is 15.4 Å². The van der Waals surface area contributed by atoms with Gasteiger partial charge in [-0.1, -0.05) is 12.1 Å². The Labute approximate surface area is 141 Å². The molecule has 1 aliphatic rings. The third-order valence-corrected chi connectivity index (χ3v) is 4.22. The van der Waals surface area contributed by atoms with Crippen molar-refractivity contribution in [3.8, 4) is 5.75 Å². The average Bonchev–Trinajstić information content (AvgIpc) is 2.57. The summed E-state index contributed by atoms with van der Waals surface area (Å²) in [7, 11) is 0. The predicted octanol–water partition coefficient (Wildman–Crippen LogP) is 3.21. The molecule has 0 aliphatic carbocycles. The number of aryl methyl sites for hydroxylation is 2. The quantitative estimate of drug-likeness (QED) is 0.907. The first-order valence-electron chi connectivity index (χ1n) is 7.94. The van der Waals surface area contributed by atoms with Crippen molar-refractivity contribution in [3.63, 3.8) is 0 Å². The Morgan fingerprint density at radius 2 is 2.04 bits per heavy atom. The van der Waals surface area contributed by atoms with Gasteiger partial charge in [0.25, 0.3) is 5.91 Å². The fourth-order valence-corrected chi connectivity index (χ4v) is 2.67. The number of anilines is 2. The van der Waals surface area contributed by atoms with Crippen LogP contribution in [0, 0.1) is 13.8 Å². The van der Waals surface area contributed by atoms with Crippen molar-refractivity contribution < 1.29 is 14.3 Å². The number of carbonyl (C=O) groups is 2. The van der Waals surface area contributed by atoms with Crippen molar-refractivity contribution in [2.24, 2.45) is 0 Å². The molecule has 0 aromatic heterocycles. The molecule has 24 heavy (non-hydrogen) atoms. The predicted molar refractivity (Wildman–Crippen MR) is 93.4 cm³/mol. The zero-order valence-corrected chi connectivity index (χ0v) is 13.8. The lowest BCUT2D eigenvalue weighted by Crippen LogP contribution is -2.21. The van der Waals surface area contributed by atoms with Crippen molar-refractivity contribution in [1.29, 1.82) is 0 Å². The van der Waals surface area contributed by atoms with Crippen LogP contribution in [0.25, 0.3) is 0 Å². The zero-order valence-electron chi connectivity index (χ0n) is 13.8. The Kier molecular flexibility index (Phi) is 4.51. The van der Waals surface area contributed by atoms with Gasteiger partial charge >= 0.3 is 0 Å². The first-order chi connectivity index (χ1) is 11.5. The number of ether oxygens (including phenoxy) is 1. The third kappa shape index (κ3) is 3.56. The first-order valence-corrected chi connectivity index (χ1v) is 7.94. The maximum atomic E-state index is 12.1. The van der Waals surface area contributed by atoms with Crippen LogP contribution in [-0.2, 0) is 16.0 Å². The van der Waals surface area contributed by atoms with Crippen molar-refractivity contribution in [1.82, 2.24) is 0 Å². The van der Waals surface area contributed by atoms with Gasteiger partial charge in [0.15, 0.2) is 6.61 Å². The maximum absolute atomic E-state index is 12.1. The molecule has 5 heteroatoms. The zero-order chi connectivity index (χ0) is 17.1. The van der Waals surface area contributed by atoms with Gasteiger partial charge in [-0.3, -0.25) is 9.59 Å². The number of hydrogen-bond acceptors (Lipinski definition) is 3. The SMILES string of the molecule is Cc1cccc(NC(=O)COc2ccc3c(c2)CCC(=O)N3)c1C. The molecule has 1 aliphatic heterocycles. The van der Waals surface area contributed by atoms with Gasteiger partial charge in [-0.2, -0.15) is 0 Å². The Bertz CT molecular complexity index is 799. The normalized spacial score (nSPS) is 13.0. The van der Waals surface area contributed by atoms with E-state index >= 15 is 0 Å². The second-order valence-corrected chi connectivity index (χ2v) is 5.95. The fourth-order valence-electron chi connectivity index (χ4n) is 2.67. The molecule has 5 nitrogen and oxygen atoms in total. The van der Waals surface area contributed by atoms with Crippen molar-refractivity contribution in [2.45, 2.75) is 26.7 Å². The van der Waals surface area contributed by atoms with Crippen molar-refractivity contribution in [2.75, 3.05) is 17.2 Å². The van der Waals surface area contributed by atoms with E-state index in [9.17, 15) is 9.59 Å². The summed E-state index contributed by atoms with van der Waals surface area (Å²) in [5.74, 6) is 0.458. The van der Waals surface area contributed by atoms with E-state index in [1.165, 1.54) is 0 Å². The Hall–Kier alpha value is -2.82. The van der Waals surface area contributed by atoms with Crippen LogP contribution in [0.1, 0.15) is 23.1 Å². The van der Waals surface area contributed by atoms with Crippen LogP contribution in [0.5, 0.6) is 5.75 Å². The number of carbonyl (C=O) groups excluding carboxylic acids is 2. The van der Waals surface area contributed by atoms with Gasteiger partial charge in [-0.15, -0.1) is 0 Å². The maximum Gasteiger partial charge on any atom is 0.262 e. The molecule has 1 heterocycles. The highest BCUT2D eigenvalue weighted by Crippen LogP contribution is 2.26. The molecule has 3 rings (SSSR count). The van der Waals surface area contributed by atoms with Crippen LogP contribution in [-0.4, -0.2) is 18.4 Å². The molecule has 2 aromatic carbocycles. The van der Waals surface area contributed by atoms with Crippen molar-refractivity contribution in [3.05, 3.63) is 53.1 Å². The Balaban J connectivity index is 1.60. The van der Waals surface area contributed by atoms with Gasteiger partial charge in [-0.25, -0.2) is 0 Å². The molecule has 2 N–H and O–H groups in total. The largest absolute Gasteiger partial charge is 0.484 e. The monoisotopic (exact) mass is 324 g/mol. The molecule has 0 unspecified atom stereocenters. The lowest BCUT2D eigenvalue weighted by Gasteiger charge is -2.17. The highest BCUT2D eigenvalue weighted by Gasteiger charge is 2.15. The number of rotatable bonds is 4. The number of amides is 2. The van der Waals surface area contributed by atoms with Crippen LogP contribution in [0.2, 0.25) is 0 Å². The van der Waals surface area contributed by atoms with Gasteiger partial charge in [-0.05, 0) is 61.2 Å². The van der Waals surface area contributed by atoms with Gasteiger partial charge in [0.2, 0.25) is 5.91 Å². The van der Waals surface area contributed by atoms with E-state index in [1.54, 1.807) is 6.07 Å². The summed E-state index contributed by atoms with van der Waals surface area (Å²) in [5, 5.41) is 5.69. The van der Waals surface area contributed by atoms with Crippen LogP contribution >= 0.6 is 0 Å². The molecule has 0 atom stereocenters. The van der Waals surface area contributed by atoms with E-state index in [0.717, 1.165) is 28.1 Å². The first kappa shape index (κ1) is 16.1. The standard InChI is InChI=1S/C19H20N2O3/c1-12-4-3-5-16(13(12)2)20-19(23)11-24-15-7-8-17-14(10-15)6-9-18(22)21-17/h3-5,7-8,10H,6,9,11H2,1-2H3,(H,20,23)(H,21,22). The van der Waals surface area contributed by atoms with E-state index < -0.39 is 0 Å². The molecule has 0 radical (unpaired) electrons. The van der Waals surface area contributed by atoms with Crippen molar-refractivity contribution >= 4 is 23.2 Å².